The summed E-state index contributed by atoms with van der Waals surface area (Å²) in [5.74, 6) is -6.23. The highest BCUT2D eigenvalue weighted by Gasteiger charge is 2.58. The Hall–Kier alpha value is -2.97. The van der Waals surface area contributed by atoms with Crippen LogP contribution in [0.25, 0.3) is 0 Å². The number of benzene rings is 2. The fourth-order valence-corrected chi connectivity index (χ4v) is 5.47. The van der Waals surface area contributed by atoms with E-state index < -0.39 is 50.1 Å². The van der Waals surface area contributed by atoms with Gasteiger partial charge in [-0.15, -0.1) is 0 Å². The van der Waals surface area contributed by atoms with Gasteiger partial charge in [0.25, 0.3) is 5.92 Å². The van der Waals surface area contributed by atoms with Gasteiger partial charge in [0.1, 0.15) is 11.5 Å². The molecule has 8 nitrogen and oxygen atoms in total. The first-order valence-corrected chi connectivity index (χ1v) is 11.5. The van der Waals surface area contributed by atoms with Gasteiger partial charge in [0, 0.05) is 12.8 Å². The van der Waals surface area contributed by atoms with E-state index >= 15 is 0 Å². The Labute approximate surface area is 184 Å². The number of nitrogens with two attached hydrogens (primary N) is 2. The van der Waals surface area contributed by atoms with Gasteiger partial charge < -0.3 is 25.4 Å². The minimum absolute atomic E-state index is 0.132. The lowest BCUT2D eigenvalue weighted by Crippen LogP contribution is -2.47. The van der Waals surface area contributed by atoms with Gasteiger partial charge in [0.15, 0.2) is 5.78 Å². The molecule has 1 saturated heterocycles. The number of alkyl halides is 2. The standard InChI is InChI=1S/C21H24F2N3O5P/c22-21(23)13-19(26(14-21)20(28)17(24)11-12-18(25)27)32(29,30-15-7-3-1-4-8-15)31-16-9-5-2-6-10-16/h1-10,17,19H,11-14,24H2,(H2,25,27)/t17-,19-/m0/s1. The van der Waals surface area contributed by atoms with Crippen LogP contribution in [0.3, 0.4) is 0 Å². The molecule has 172 valence electrons. The van der Waals surface area contributed by atoms with Gasteiger partial charge in [-0.3, -0.25) is 9.59 Å². The van der Waals surface area contributed by atoms with Crippen molar-refractivity contribution in [2.75, 3.05) is 6.54 Å². The van der Waals surface area contributed by atoms with Crippen LogP contribution in [0.2, 0.25) is 0 Å². The zero-order chi connectivity index (χ0) is 23.4. The second-order valence-electron chi connectivity index (χ2n) is 7.47. The van der Waals surface area contributed by atoms with Gasteiger partial charge in [-0.25, -0.2) is 13.3 Å². The average Bonchev–Trinajstić information content (AvgIpc) is 3.09. The van der Waals surface area contributed by atoms with Gasteiger partial charge in [-0.2, -0.15) is 0 Å². The number of carbonyl (C=O) groups is 2. The van der Waals surface area contributed by atoms with Crippen LogP contribution < -0.4 is 20.5 Å². The summed E-state index contributed by atoms with van der Waals surface area (Å²) in [7, 11) is -4.40. The number of nitrogens with zero attached hydrogens (tertiary/aromatic N) is 1. The molecule has 32 heavy (non-hydrogen) atoms. The number of likely N-dealkylation sites (tertiary alicyclic amines) is 1. The molecule has 0 saturated carbocycles. The SMILES string of the molecule is NC(=O)CC[C@H](N)C(=O)N1CC(F)(F)C[C@@H]1P(=O)(Oc1ccccc1)Oc1ccccc1. The minimum atomic E-state index is -4.40. The van der Waals surface area contributed by atoms with Gasteiger partial charge in [0.2, 0.25) is 11.8 Å². The molecule has 0 aliphatic carbocycles. The number of primary amides is 1. The van der Waals surface area contributed by atoms with Crippen LogP contribution in [-0.4, -0.2) is 41.0 Å². The Bertz CT molecular complexity index is 948. The molecule has 2 atom stereocenters. The summed E-state index contributed by atoms with van der Waals surface area (Å²) in [6, 6.07) is 14.6. The monoisotopic (exact) mass is 467 g/mol. The fourth-order valence-electron chi connectivity index (χ4n) is 3.33. The van der Waals surface area contributed by atoms with E-state index in [0.29, 0.717) is 0 Å². The summed E-state index contributed by atoms with van der Waals surface area (Å²) in [6.45, 7) is -0.999. The predicted octanol–water partition coefficient (Wildman–Crippen LogP) is 3.12. The van der Waals surface area contributed by atoms with E-state index in [2.05, 4.69) is 0 Å². The van der Waals surface area contributed by atoms with Gasteiger partial charge >= 0.3 is 7.60 Å². The minimum Gasteiger partial charge on any atom is -0.415 e. The van der Waals surface area contributed by atoms with E-state index in [0.717, 1.165) is 4.90 Å². The lowest BCUT2D eigenvalue weighted by molar-refractivity contribution is -0.134. The van der Waals surface area contributed by atoms with Crippen molar-refractivity contribution in [1.82, 2.24) is 4.90 Å². The Kier molecular flexibility index (Phi) is 7.16. The number of carbonyl (C=O) groups excluding carboxylic acids is 2. The lowest BCUT2D eigenvalue weighted by atomic mass is 10.1. The van der Waals surface area contributed by atoms with Crippen LogP contribution in [-0.2, 0) is 14.2 Å². The molecule has 2 aromatic rings. The van der Waals surface area contributed by atoms with E-state index in [4.69, 9.17) is 20.5 Å². The molecule has 1 fully saturated rings. The summed E-state index contributed by atoms with van der Waals surface area (Å²) in [4.78, 5) is 24.6. The first-order valence-electron chi connectivity index (χ1n) is 9.91. The normalized spacial score (nSPS) is 18.7. The van der Waals surface area contributed by atoms with Crippen molar-refractivity contribution >= 4 is 19.4 Å². The summed E-state index contributed by atoms with van der Waals surface area (Å²) in [6.07, 6.45) is -1.26. The van der Waals surface area contributed by atoms with Crippen LogP contribution in [0, 0.1) is 0 Å². The number of para-hydroxylation sites is 2. The molecule has 0 unspecified atom stereocenters. The Morgan fingerprint density at radius 3 is 2.03 bits per heavy atom. The van der Waals surface area contributed by atoms with Crippen molar-refractivity contribution in [2.45, 2.75) is 37.0 Å². The third kappa shape index (κ3) is 5.83. The van der Waals surface area contributed by atoms with Crippen LogP contribution in [0.1, 0.15) is 19.3 Å². The van der Waals surface area contributed by atoms with E-state index in [1.54, 1.807) is 36.4 Å². The lowest BCUT2D eigenvalue weighted by Gasteiger charge is -2.31. The molecular weight excluding hydrogens is 443 g/mol. The van der Waals surface area contributed by atoms with E-state index in [-0.39, 0.29) is 24.3 Å². The van der Waals surface area contributed by atoms with Crippen LogP contribution in [0.4, 0.5) is 8.78 Å². The maximum atomic E-state index is 14.4. The molecule has 0 radical (unpaired) electrons. The van der Waals surface area contributed by atoms with Crippen LogP contribution in [0.5, 0.6) is 11.5 Å². The van der Waals surface area contributed by atoms with Crippen molar-refractivity contribution < 1.29 is 32.0 Å². The summed E-state index contributed by atoms with van der Waals surface area (Å²) in [5.41, 5.74) is 10.9. The largest absolute Gasteiger partial charge is 0.453 e. The fraction of sp³-hybridized carbons (Fsp3) is 0.333. The van der Waals surface area contributed by atoms with Crippen molar-refractivity contribution in [2.24, 2.45) is 11.5 Å². The predicted molar refractivity (Wildman–Crippen MR) is 113 cm³/mol. The van der Waals surface area contributed by atoms with Crippen LogP contribution >= 0.6 is 7.60 Å². The van der Waals surface area contributed by atoms with Gasteiger partial charge in [-0.05, 0) is 30.7 Å². The molecule has 4 N–H and O–H groups in total. The van der Waals surface area contributed by atoms with Crippen LogP contribution in [0.15, 0.2) is 60.7 Å². The average molecular weight is 467 g/mol. The smallest absolute Gasteiger partial charge is 0.415 e. The third-order valence-electron chi connectivity index (χ3n) is 4.86. The van der Waals surface area contributed by atoms with Gasteiger partial charge in [-0.1, -0.05) is 36.4 Å². The molecule has 2 aromatic carbocycles. The van der Waals surface area contributed by atoms with Crippen molar-refractivity contribution in [1.29, 1.82) is 0 Å². The third-order valence-corrected chi connectivity index (χ3v) is 6.98. The second kappa shape index (κ2) is 9.67. The number of hydrogen-bond donors (Lipinski definition) is 2. The van der Waals surface area contributed by atoms with Gasteiger partial charge in [0.05, 0.1) is 12.6 Å². The number of hydrogen-bond acceptors (Lipinski definition) is 6. The van der Waals surface area contributed by atoms with E-state index in [1.807, 2.05) is 0 Å². The summed E-state index contributed by atoms with van der Waals surface area (Å²) in [5, 5.41) is 0. The second-order valence-corrected chi connectivity index (χ2v) is 9.51. The number of rotatable bonds is 9. The highest BCUT2D eigenvalue weighted by atomic mass is 31.2. The molecule has 11 heteroatoms. The topological polar surface area (TPSA) is 125 Å². The first kappa shape index (κ1) is 23.7. The molecule has 1 aliphatic heterocycles. The zero-order valence-electron chi connectivity index (χ0n) is 17.1. The highest BCUT2D eigenvalue weighted by molar-refractivity contribution is 7.55. The van der Waals surface area contributed by atoms with Crippen molar-refractivity contribution in [3.05, 3.63) is 60.7 Å². The Morgan fingerprint density at radius 2 is 1.56 bits per heavy atom. The molecule has 0 aromatic heterocycles. The molecule has 1 heterocycles. The molecule has 0 bridgehead atoms. The van der Waals surface area contributed by atoms with Crippen molar-refractivity contribution in [3.8, 4) is 11.5 Å². The first-order chi connectivity index (χ1) is 15.1. The van der Waals surface area contributed by atoms with E-state index in [9.17, 15) is 22.9 Å². The highest BCUT2D eigenvalue weighted by Crippen LogP contribution is 2.59. The molecule has 1 aliphatic rings. The molecule has 3 rings (SSSR count). The molecular formula is C21H24F2N3O5P. The Morgan fingerprint density at radius 1 is 1.06 bits per heavy atom. The van der Waals surface area contributed by atoms with E-state index in [1.165, 1.54) is 24.3 Å². The zero-order valence-corrected chi connectivity index (χ0v) is 18.0. The Balaban J connectivity index is 1.95. The summed E-state index contributed by atoms with van der Waals surface area (Å²) < 4.78 is 54.1. The molecule has 0 spiro atoms. The van der Waals surface area contributed by atoms with Crippen molar-refractivity contribution in [3.63, 3.8) is 0 Å². The summed E-state index contributed by atoms with van der Waals surface area (Å²) >= 11 is 0. The maximum absolute atomic E-state index is 14.4. The molecule has 2 amide bonds. The maximum Gasteiger partial charge on any atom is 0.453 e. The number of halogens is 2. The number of amides is 2. The quantitative estimate of drug-likeness (QED) is 0.546.